The molecule has 0 bridgehead atoms. The minimum absolute atomic E-state index is 0.0900. The SMILES string of the molecule is C[C@]12CCC(=O)CC1CC[C@@H]1[C@@H]2CC[C@@]2(C)[C@H]1CC[C@]2(Br)C(=O)CBr. The van der Waals surface area contributed by atoms with Gasteiger partial charge in [-0.1, -0.05) is 45.7 Å². The summed E-state index contributed by atoms with van der Waals surface area (Å²) in [5, 5.41) is 0.455. The van der Waals surface area contributed by atoms with Gasteiger partial charge in [-0.3, -0.25) is 9.59 Å². The van der Waals surface area contributed by atoms with Crippen molar-refractivity contribution in [3.63, 3.8) is 0 Å². The monoisotopic (exact) mass is 472 g/mol. The van der Waals surface area contributed by atoms with Crippen molar-refractivity contribution in [2.24, 2.45) is 34.5 Å². The van der Waals surface area contributed by atoms with Gasteiger partial charge in [0.2, 0.25) is 0 Å². The van der Waals surface area contributed by atoms with Gasteiger partial charge in [-0.15, -0.1) is 0 Å². The first-order valence-electron chi connectivity index (χ1n) is 10.1. The fourth-order valence-corrected chi connectivity index (χ4v) is 9.31. The van der Waals surface area contributed by atoms with Crippen molar-refractivity contribution in [3.8, 4) is 0 Å². The van der Waals surface area contributed by atoms with Gasteiger partial charge in [0.1, 0.15) is 5.78 Å². The number of ketones is 2. The smallest absolute Gasteiger partial charge is 0.160 e. The molecule has 140 valence electrons. The normalized spacial score (nSPS) is 52.2. The third-order valence-corrected chi connectivity index (χ3v) is 11.4. The lowest BCUT2D eigenvalue weighted by Gasteiger charge is -2.61. The number of Topliss-reactive ketones (excluding diaryl/α,β-unsaturated/α-hetero) is 2. The summed E-state index contributed by atoms with van der Waals surface area (Å²) in [6, 6.07) is 0. The molecule has 0 amide bonds. The lowest BCUT2D eigenvalue weighted by atomic mass is 9.44. The van der Waals surface area contributed by atoms with Gasteiger partial charge in [0.05, 0.1) is 9.65 Å². The van der Waals surface area contributed by atoms with E-state index < -0.39 is 0 Å². The van der Waals surface area contributed by atoms with Crippen LogP contribution in [0.15, 0.2) is 0 Å². The van der Waals surface area contributed by atoms with Crippen molar-refractivity contribution in [2.45, 2.75) is 76.0 Å². The van der Waals surface area contributed by atoms with Crippen molar-refractivity contribution in [1.82, 2.24) is 0 Å². The van der Waals surface area contributed by atoms with Gasteiger partial charge in [-0.2, -0.15) is 0 Å². The summed E-state index contributed by atoms with van der Waals surface area (Å²) in [6.45, 7) is 4.87. The van der Waals surface area contributed by atoms with Crippen LogP contribution in [-0.2, 0) is 9.59 Å². The Hall–Kier alpha value is 0.300. The zero-order valence-electron chi connectivity index (χ0n) is 15.5. The van der Waals surface area contributed by atoms with Gasteiger partial charge >= 0.3 is 0 Å². The van der Waals surface area contributed by atoms with Crippen LogP contribution in [-0.4, -0.2) is 21.2 Å². The van der Waals surface area contributed by atoms with E-state index in [0.29, 0.717) is 34.1 Å². The van der Waals surface area contributed by atoms with E-state index in [2.05, 4.69) is 45.7 Å². The van der Waals surface area contributed by atoms with Crippen LogP contribution in [0, 0.1) is 34.5 Å². The number of rotatable bonds is 2. The Morgan fingerprint density at radius 1 is 1.08 bits per heavy atom. The first-order valence-corrected chi connectivity index (χ1v) is 12.0. The molecule has 0 saturated heterocycles. The van der Waals surface area contributed by atoms with E-state index in [1.165, 1.54) is 25.7 Å². The zero-order valence-corrected chi connectivity index (χ0v) is 18.6. The van der Waals surface area contributed by atoms with E-state index in [1.54, 1.807) is 0 Å². The molecule has 25 heavy (non-hydrogen) atoms. The van der Waals surface area contributed by atoms with E-state index >= 15 is 0 Å². The molecule has 4 heteroatoms. The van der Waals surface area contributed by atoms with Crippen molar-refractivity contribution in [2.75, 3.05) is 5.33 Å². The van der Waals surface area contributed by atoms with Crippen molar-refractivity contribution < 1.29 is 9.59 Å². The minimum atomic E-state index is -0.334. The molecule has 0 radical (unpaired) electrons. The van der Waals surface area contributed by atoms with E-state index in [9.17, 15) is 9.59 Å². The fourth-order valence-electron chi connectivity index (χ4n) is 7.59. The summed E-state index contributed by atoms with van der Waals surface area (Å²) in [5.74, 6) is 3.59. The molecule has 7 atom stereocenters. The molecule has 0 aromatic carbocycles. The van der Waals surface area contributed by atoms with Crippen LogP contribution in [0.4, 0.5) is 0 Å². The maximum absolute atomic E-state index is 12.8. The van der Waals surface area contributed by atoms with Crippen LogP contribution in [0.3, 0.4) is 0 Å². The molecular weight excluding hydrogens is 444 g/mol. The van der Waals surface area contributed by atoms with Crippen LogP contribution >= 0.6 is 31.9 Å². The number of carbonyl (C=O) groups is 2. The third kappa shape index (κ3) is 2.45. The summed E-state index contributed by atoms with van der Waals surface area (Å²) in [7, 11) is 0. The van der Waals surface area contributed by atoms with Gasteiger partial charge < -0.3 is 0 Å². The quantitative estimate of drug-likeness (QED) is 0.482. The van der Waals surface area contributed by atoms with Crippen molar-refractivity contribution in [1.29, 1.82) is 0 Å². The van der Waals surface area contributed by atoms with Crippen LogP contribution in [0.5, 0.6) is 0 Å². The highest BCUT2D eigenvalue weighted by molar-refractivity contribution is 9.11. The molecule has 4 rings (SSSR count). The molecular formula is C21H30Br2O2. The topological polar surface area (TPSA) is 34.1 Å². The van der Waals surface area contributed by atoms with Crippen LogP contribution in [0.2, 0.25) is 0 Å². The Morgan fingerprint density at radius 3 is 2.52 bits per heavy atom. The predicted octanol–water partition coefficient (Wildman–Crippen LogP) is 5.70. The Bertz CT molecular complexity index is 605. The largest absolute Gasteiger partial charge is 0.300 e. The first kappa shape index (κ1) is 18.7. The molecule has 0 heterocycles. The second kappa shape index (κ2) is 6.15. The van der Waals surface area contributed by atoms with E-state index in [0.717, 1.165) is 43.9 Å². The molecule has 0 N–H and O–H groups in total. The maximum atomic E-state index is 12.8. The Labute approximate surface area is 168 Å². The Morgan fingerprint density at radius 2 is 1.80 bits per heavy atom. The highest BCUT2D eigenvalue weighted by atomic mass is 79.9. The van der Waals surface area contributed by atoms with Crippen molar-refractivity contribution in [3.05, 3.63) is 0 Å². The predicted molar refractivity (Wildman–Crippen MR) is 107 cm³/mol. The highest BCUT2D eigenvalue weighted by Gasteiger charge is 2.65. The van der Waals surface area contributed by atoms with Crippen LogP contribution in [0.1, 0.15) is 71.6 Å². The van der Waals surface area contributed by atoms with E-state index in [1.807, 2.05) is 0 Å². The number of carbonyl (C=O) groups excluding carboxylic acids is 2. The standard InChI is InChI=1S/C21H30Br2O2/c1-19-8-5-14(24)11-13(19)3-4-15-16(19)6-9-20(2)17(15)7-10-21(20,23)18(25)12-22/h13,15-17H,3-12H2,1-2H3/t13?,15-,16+,17+,19+,20+,21+/m1/s1. The third-order valence-electron chi connectivity index (χ3n) is 9.14. The van der Waals surface area contributed by atoms with Crippen LogP contribution in [0.25, 0.3) is 0 Å². The number of hydrogen-bond donors (Lipinski definition) is 0. The van der Waals surface area contributed by atoms with Gasteiger partial charge in [0.25, 0.3) is 0 Å². The zero-order chi connectivity index (χ0) is 18.0. The number of hydrogen-bond acceptors (Lipinski definition) is 2. The average molecular weight is 474 g/mol. The van der Waals surface area contributed by atoms with Gasteiger partial charge in [-0.05, 0) is 79.4 Å². The molecule has 4 aliphatic rings. The molecule has 0 aliphatic heterocycles. The molecule has 4 fully saturated rings. The van der Waals surface area contributed by atoms with Crippen molar-refractivity contribution >= 4 is 43.4 Å². The molecule has 0 aromatic heterocycles. The average Bonchev–Trinajstić information content (AvgIpc) is 2.87. The number of halogens is 2. The molecule has 0 aromatic rings. The number of fused-ring (bicyclic) bond motifs is 5. The minimum Gasteiger partial charge on any atom is -0.300 e. The number of alkyl halides is 2. The van der Waals surface area contributed by atoms with E-state index in [4.69, 9.17) is 0 Å². The highest BCUT2D eigenvalue weighted by Crippen LogP contribution is 2.69. The van der Waals surface area contributed by atoms with Gasteiger partial charge in [0, 0.05) is 12.8 Å². The molecule has 1 unspecified atom stereocenters. The fraction of sp³-hybridized carbons (Fsp3) is 0.905. The second-order valence-corrected chi connectivity index (χ2v) is 11.7. The lowest BCUT2D eigenvalue weighted by Crippen LogP contribution is -2.57. The summed E-state index contributed by atoms with van der Waals surface area (Å²) in [5.41, 5.74) is 0.446. The van der Waals surface area contributed by atoms with Gasteiger partial charge in [0.15, 0.2) is 5.78 Å². The second-order valence-electron chi connectivity index (χ2n) is 9.75. The van der Waals surface area contributed by atoms with Crippen LogP contribution < -0.4 is 0 Å². The Kier molecular flexibility index (Phi) is 4.59. The molecule has 2 nitrogen and oxygen atoms in total. The summed E-state index contributed by atoms with van der Waals surface area (Å²) in [6.07, 6.45) is 9.76. The van der Waals surface area contributed by atoms with E-state index in [-0.39, 0.29) is 9.74 Å². The summed E-state index contributed by atoms with van der Waals surface area (Å²) in [4.78, 5) is 24.8. The lowest BCUT2D eigenvalue weighted by molar-refractivity contribution is -0.141. The molecule has 4 saturated carbocycles. The van der Waals surface area contributed by atoms with Gasteiger partial charge in [-0.25, -0.2) is 0 Å². The first-order chi connectivity index (χ1) is 11.8. The maximum Gasteiger partial charge on any atom is 0.160 e. The summed E-state index contributed by atoms with van der Waals surface area (Å²) >= 11 is 7.37. The summed E-state index contributed by atoms with van der Waals surface area (Å²) < 4.78 is -0.334. The Balaban J connectivity index is 1.64. The molecule has 4 aliphatic carbocycles. The molecule has 0 spiro atoms.